The molecule has 1 aliphatic rings. The van der Waals surface area contributed by atoms with E-state index < -0.39 is 0 Å². The van der Waals surface area contributed by atoms with Crippen LogP contribution in [0.15, 0.2) is 84.5 Å². The molecule has 1 atom stereocenters. The first-order valence-corrected chi connectivity index (χ1v) is 10.1. The number of rotatable bonds is 10. The molecule has 0 aromatic heterocycles. The van der Waals surface area contributed by atoms with Gasteiger partial charge in [0, 0.05) is 11.3 Å². The molecule has 0 aliphatic carbocycles. The highest BCUT2D eigenvalue weighted by atomic mass is 16.1. The van der Waals surface area contributed by atoms with Crippen molar-refractivity contribution >= 4 is 17.8 Å². The number of allylic oxidation sites excluding steroid dienone is 4. The lowest BCUT2D eigenvalue weighted by atomic mass is 10.0. The van der Waals surface area contributed by atoms with Crippen LogP contribution in [0.25, 0.3) is 5.32 Å². The van der Waals surface area contributed by atoms with E-state index >= 15 is 0 Å². The molecule has 0 saturated carbocycles. The molecular weight excluding hydrogens is 372 g/mol. The van der Waals surface area contributed by atoms with E-state index in [2.05, 4.69) is 36.4 Å². The summed E-state index contributed by atoms with van der Waals surface area (Å²) in [7, 11) is 1.98. The van der Waals surface area contributed by atoms with E-state index in [-0.39, 0.29) is 11.9 Å². The van der Waals surface area contributed by atoms with Crippen molar-refractivity contribution in [2.75, 3.05) is 12.4 Å². The number of nitrogens with zero attached hydrogens (tertiary/aromatic N) is 2. The zero-order valence-electron chi connectivity index (χ0n) is 18.5. The lowest BCUT2D eigenvalue weighted by Gasteiger charge is -2.26. The first-order chi connectivity index (χ1) is 14.3. The number of hydrogen-bond donors (Lipinski definition) is 2. The van der Waals surface area contributed by atoms with Gasteiger partial charge in [-0.1, -0.05) is 68.8 Å². The second kappa shape index (κ2) is 11.0. The Balaban J connectivity index is 1.93. The Kier molecular flexibility index (Phi) is 8.41. The van der Waals surface area contributed by atoms with Crippen molar-refractivity contribution in [1.82, 2.24) is 5.32 Å². The third-order valence-electron chi connectivity index (χ3n) is 4.74. The smallest absolute Gasteiger partial charge is 0.255 e. The van der Waals surface area contributed by atoms with Crippen molar-refractivity contribution in [3.05, 3.63) is 95.4 Å². The number of nitrogens with one attached hydrogen (secondary N) is 2. The highest BCUT2D eigenvalue weighted by Gasteiger charge is 2.09. The SMILES string of the molecule is C=C(/C=C\C(=C/C)C(=O)Nc1cccc(C(C)[N-]C=CNC2=C[N+](C)=C2)c1)C(C)C. The van der Waals surface area contributed by atoms with E-state index in [4.69, 9.17) is 0 Å². The van der Waals surface area contributed by atoms with Crippen LogP contribution in [0.1, 0.15) is 39.3 Å². The molecule has 1 aromatic carbocycles. The maximum absolute atomic E-state index is 12.6. The summed E-state index contributed by atoms with van der Waals surface area (Å²) < 4.78 is 1.98. The number of benzene rings is 1. The van der Waals surface area contributed by atoms with E-state index in [0.717, 1.165) is 22.5 Å². The van der Waals surface area contributed by atoms with E-state index in [1.54, 1.807) is 12.3 Å². The summed E-state index contributed by atoms with van der Waals surface area (Å²) in [5.41, 5.74) is 4.40. The summed E-state index contributed by atoms with van der Waals surface area (Å²) in [5.74, 6) is 0.199. The average Bonchev–Trinajstić information content (AvgIpc) is 2.69. The first kappa shape index (κ1) is 22.9. The number of carbonyl (C=O) groups is 1. The summed E-state index contributed by atoms with van der Waals surface area (Å²) in [6, 6.07) is 7.73. The molecular formula is C25H32N4O. The molecule has 2 rings (SSSR count). The van der Waals surface area contributed by atoms with Gasteiger partial charge in [0.05, 0.1) is 0 Å². The standard InChI is InChI=1S/C25H32N4O/c1-7-21(12-11-19(4)18(2)3)25(30)28-23-10-8-9-22(15-23)20(5)26-13-14-27-24-16-29(6)17-24/h7-18,20,27H,4H2,1-3,5-6H3,(H,28,30)/b12-11-,14-13?,21-7+. The second-order valence-corrected chi connectivity index (χ2v) is 7.55. The number of amides is 1. The molecule has 2 N–H and O–H groups in total. The normalized spacial score (nSPS) is 14.9. The van der Waals surface area contributed by atoms with Crippen molar-refractivity contribution in [2.24, 2.45) is 5.92 Å². The molecule has 5 heteroatoms. The Morgan fingerprint density at radius 1 is 1.23 bits per heavy atom. The molecule has 1 amide bonds. The second-order valence-electron chi connectivity index (χ2n) is 7.55. The van der Waals surface area contributed by atoms with E-state index in [9.17, 15) is 4.79 Å². The van der Waals surface area contributed by atoms with E-state index in [0.29, 0.717) is 11.5 Å². The van der Waals surface area contributed by atoms with Gasteiger partial charge < -0.3 is 16.0 Å². The molecule has 158 valence electrons. The van der Waals surface area contributed by atoms with Gasteiger partial charge in [0.15, 0.2) is 18.1 Å². The van der Waals surface area contributed by atoms with Crippen molar-refractivity contribution in [2.45, 2.75) is 33.7 Å². The van der Waals surface area contributed by atoms with Gasteiger partial charge in [-0.15, -0.1) is 0 Å². The molecule has 1 aliphatic heterocycles. The van der Waals surface area contributed by atoms with Crippen LogP contribution in [0, 0.1) is 5.92 Å². The highest BCUT2D eigenvalue weighted by Crippen LogP contribution is 2.24. The molecule has 0 bridgehead atoms. The minimum Gasteiger partial charge on any atom is -0.683 e. The molecule has 0 saturated heterocycles. The van der Waals surface area contributed by atoms with Crippen LogP contribution in [-0.4, -0.2) is 23.7 Å². The van der Waals surface area contributed by atoms with Gasteiger partial charge in [0.2, 0.25) is 0 Å². The minimum atomic E-state index is -0.147. The summed E-state index contributed by atoms with van der Waals surface area (Å²) in [6.45, 7) is 12.0. The molecule has 1 heterocycles. The number of carbonyl (C=O) groups excluding carboxylic acids is 1. The maximum atomic E-state index is 12.6. The molecule has 0 radical (unpaired) electrons. The van der Waals surface area contributed by atoms with Crippen LogP contribution in [0.2, 0.25) is 0 Å². The first-order valence-electron chi connectivity index (χ1n) is 10.1. The van der Waals surface area contributed by atoms with Gasteiger partial charge in [-0.25, -0.2) is 4.58 Å². The quantitative estimate of drug-likeness (QED) is 0.311. The topological polar surface area (TPSA) is 58.2 Å². The molecule has 30 heavy (non-hydrogen) atoms. The molecule has 0 fully saturated rings. The molecule has 1 aromatic rings. The van der Waals surface area contributed by atoms with Crippen molar-refractivity contribution in [3.8, 4) is 0 Å². The average molecular weight is 405 g/mol. The lowest BCUT2D eigenvalue weighted by Crippen LogP contribution is -2.21. The van der Waals surface area contributed by atoms with Crippen LogP contribution in [0.3, 0.4) is 0 Å². The van der Waals surface area contributed by atoms with Gasteiger partial charge >= 0.3 is 0 Å². The van der Waals surface area contributed by atoms with Gasteiger partial charge in [-0.05, 0) is 37.3 Å². The zero-order valence-corrected chi connectivity index (χ0v) is 18.5. The Bertz CT molecular complexity index is 932. The summed E-state index contributed by atoms with van der Waals surface area (Å²) in [5, 5.41) is 10.7. The summed E-state index contributed by atoms with van der Waals surface area (Å²) in [4.78, 5) is 12.6. The van der Waals surface area contributed by atoms with Crippen molar-refractivity contribution < 1.29 is 9.37 Å². The van der Waals surface area contributed by atoms with Gasteiger partial charge in [0.25, 0.3) is 5.91 Å². The van der Waals surface area contributed by atoms with Gasteiger partial charge in [-0.3, -0.25) is 4.79 Å². The fourth-order valence-corrected chi connectivity index (χ4v) is 2.67. The predicted molar refractivity (Wildman–Crippen MR) is 126 cm³/mol. The zero-order chi connectivity index (χ0) is 22.1. The minimum absolute atomic E-state index is 0.0302. The Labute approximate surface area is 180 Å². The van der Waals surface area contributed by atoms with Crippen LogP contribution < -0.4 is 10.6 Å². The lowest BCUT2D eigenvalue weighted by molar-refractivity contribution is -0.429. The monoisotopic (exact) mass is 404 g/mol. The van der Waals surface area contributed by atoms with Crippen LogP contribution >= 0.6 is 0 Å². The van der Waals surface area contributed by atoms with Crippen molar-refractivity contribution in [3.63, 3.8) is 0 Å². The Morgan fingerprint density at radius 3 is 2.60 bits per heavy atom. The number of anilines is 1. The Hall–Kier alpha value is -3.34. The Morgan fingerprint density at radius 2 is 1.97 bits per heavy atom. The summed E-state index contributed by atoms with van der Waals surface area (Å²) >= 11 is 0. The van der Waals surface area contributed by atoms with Crippen LogP contribution in [-0.2, 0) is 4.79 Å². The third kappa shape index (κ3) is 6.92. The molecule has 5 nitrogen and oxygen atoms in total. The van der Waals surface area contributed by atoms with E-state index in [1.807, 2.05) is 80.5 Å². The van der Waals surface area contributed by atoms with Crippen LogP contribution in [0.5, 0.6) is 0 Å². The summed E-state index contributed by atoms with van der Waals surface area (Å²) in [6.07, 6.45) is 13.1. The molecule has 1 unspecified atom stereocenters. The largest absolute Gasteiger partial charge is 0.683 e. The van der Waals surface area contributed by atoms with Crippen molar-refractivity contribution in [1.29, 1.82) is 0 Å². The van der Waals surface area contributed by atoms with Gasteiger partial charge in [-0.2, -0.15) is 6.20 Å². The third-order valence-corrected chi connectivity index (χ3v) is 4.74. The highest BCUT2D eigenvalue weighted by molar-refractivity contribution is 6.05. The van der Waals surface area contributed by atoms with E-state index in [1.165, 1.54) is 0 Å². The maximum Gasteiger partial charge on any atom is 0.255 e. The fraction of sp³-hybridized carbons (Fsp3) is 0.280. The molecule has 0 spiro atoms. The predicted octanol–water partition coefficient (Wildman–Crippen LogP) is 5.40. The van der Waals surface area contributed by atoms with Gasteiger partial charge in [0.1, 0.15) is 7.05 Å². The van der Waals surface area contributed by atoms with Crippen LogP contribution in [0.4, 0.5) is 5.69 Å². The number of hydrogen-bond acceptors (Lipinski definition) is 2. The fourth-order valence-electron chi connectivity index (χ4n) is 2.67.